The van der Waals surface area contributed by atoms with Gasteiger partial charge in [0.1, 0.15) is 0 Å². The molecule has 0 spiro atoms. The summed E-state index contributed by atoms with van der Waals surface area (Å²) in [4.78, 5) is 22.8. The largest absolute Gasteiger partial charge is 0.392 e. The number of hydrogen-bond acceptors (Lipinski definition) is 3. The Bertz CT molecular complexity index is 320. The van der Waals surface area contributed by atoms with E-state index in [1.807, 2.05) is 0 Å². The molecule has 1 fully saturated rings. The van der Waals surface area contributed by atoms with Crippen molar-refractivity contribution >= 4 is 29.0 Å². The van der Waals surface area contributed by atoms with Crippen LogP contribution in [0.15, 0.2) is 0 Å². The Morgan fingerprint density at radius 3 is 2.47 bits per heavy atom. The predicted octanol–water partition coefficient (Wildman–Crippen LogP) is -0.0589. The van der Waals surface area contributed by atoms with Crippen LogP contribution in [0.25, 0.3) is 0 Å². The zero-order valence-corrected chi connectivity index (χ0v) is 10.8. The van der Waals surface area contributed by atoms with Crippen LogP contribution < -0.4 is 16.4 Å². The van der Waals surface area contributed by atoms with Gasteiger partial charge < -0.3 is 16.4 Å². The Morgan fingerprint density at radius 2 is 1.94 bits per heavy atom. The molecule has 0 radical (unpaired) electrons. The van der Waals surface area contributed by atoms with Gasteiger partial charge in [-0.15, -0.1) is 0 Å². The minimum Gasteiger partial charge on any atom is -0.392 e. The van der Waals surface area contributed by atoms with E-state index in [9.17, 15) is 9.59 Å². The van der Waals surface area contributed by atoms with Crippen LogP contribution in [0.5, 0.6) is 0 Å². The van der Waals surface area contributed by atoms with Gasteiger partial charge in [-0.25, -0.2) is 0 Å². The lowest BCUT2D eigenvalue weighted by atomic mass is 10.1. The highest BCUT2D eigenvalue weighted by molar-refractivity contribution is 7.80. The fourth-order valence-corrected chi connectivity index (χ4v) is 2.15. The maximum Gasteiger partial charge on any atom is 0.309 e. The molecular weight excluding hydrogens is 238 g/mol. The molecule has 4 N–H and O–H groups in total. The standard InChI is InChI=1S/C11H19N3O2S/c1-7-2-3-8(4-7)5-13-10(15)11(16)14-6-9(12)17/h7-8H,2-6H2,1H3,(H2,12,17)(H,13,15)(H,14,16). The molecule has 1 saturated carbocycles. The van der Waals surface area contributed by atoms with E-state index >= 15 is 0 Å². The summed E-state index contributed by atoms with van der Waals surface area (Å²) in [5.74, 6) is -0.0673. The van der Waals surface area contributed by atoms with E-state index in [2.05, 4.69) is 29.8 Å². The van der Waals surface area contributed by atoms with Gasteiger partial charge in [0.05, 0.1) is 11.5 Å². The first-order valence-corrected chi connectivity index (χ1v) is 6.24. The number of amides is 2. The molecule has 96 valence electrons. The van der Waals surface area contributed by atoms with Gasteiger partial charge >= 0.3 is 11.8 Å². The van der Waals surface area contributed by atoms with E-state index in [4.69, 9.17) is 5.73 Å². The first-order chi connectivity index (χ1) is 7.99. The zero-order valence-electron chi connectivity index (χ0n) is 9.99. The molecule has 2 atom stereocenters. The molecule has 0 aliphatic heterocycles. The molecule has 0 aromatic heterocycles. The van der Waals surface area contributed by atoms with Crippen LogP contribution in [-0.4, -0.2) is 29.9 Å². The summed E-state index contributed by atoms with van der Waals surface area (Å²) < 4.78 is 0. The second-order valence-electron chi connectivity index (χ2n) is 4.64. The number of nitrogens with one attached hydrogen (secondary N) is 2. The molecule has 6 heteroatoms. The van der Waals surface area contributed by atoms with Crippen molar-refractivity contribution in [1.29, 1.82) is 0 Å². The van der Waals surface area contributed by atoms with E-state index in [-0.39, 0.29) is 11.5 Å². The van der Waals surface area contributed by atoms with Crippen molar-refractivity contribution in [3.05, 3.63) is 0 Å². The topological polar surface area (TPSA) is 84.2 Å². The normalized spacial score (nSPS) is 23.1. The number of thiocarbonyl (C=S) groups is 1. The van der Waals surface area contributed by atoms with Crippen molar-refractivity contribution in [3.63, 3.8) is 0 Å². The van der Waals surface area contributed by atoms with Crippen LogP contribution in [0, 0.1) is 11.8 Å². The molecule has 2 amide bonds. The summed E-state index contributed by atoms with van der Waals surface area (Å²) in [6.45, 7) is 2.84. The highest BCUT2D eigenvalue weighted by Crippen LogP contribution is 2.29. The van der Waals surface area contributed by atoms with E-state index in [0.717, 1.165) is 18.8 Å². The summed E-state index contributed by atoms with van der Waals surface area (Å²) in [5.41, 5.74) is 5.21. The van der Waals surface area contributed by atoms with Crippen LogP contribution in [0.2, 0.25) is 0 Å². The second-order valence-corrected chi connectivity index (χ2v) is 5.17. The molecule has 0 saturated heterocycles. The first kappa shape index (κ1) is 13.9. The molecule has 0 aromatic rings. The van der Waals surface area contributed by atoms with Crippen LogP contribution in [0.3, 0.4) is 0 Å². The highest BCUT2D eigenvalue weighted by atomic mass is 32.1. The van der Waals surface area contributed by atoms with Gasteiger partial charge in [0, 0.05) is 6.54 Å². The van der Waals surface area contributed by atoms with Crippen molar-refractivity contribution in [2.45, 2.75) is 26.2 Å². The molecular formula is C11H19N3O2S. The number of rotatable bonds is 4. The van der Waals surface area contributed by atoms with Gasteiger partial charge in [-0.05, 0) is 24.7 Å². The molecule has 1 aliphatic carbocycles. The summed E-state index contributed by atoms with van der Waals surface area (Å²) in [6, 6.07) is 0. The minimum atomic E-state index is -0.677. The predicted molar refractivity (Wildman–Crippen MR) is 69.3 cm³/mol. The Balaban J connectivity index is 2.20. The molecule has 0 heterocycles. The van der Waals surface area contributed by atoms with E-state index < -0.39 is 11.8 Å². The summed E-state index contributed by atoms with van der Waals surface area (Å²) >= 11 is 4.60. The quantitative estimate of drug-likeness (QED) is 0.487. The van der Waals surface area contributed by atoms with E-state index in [1.54, 1.807) is 0 Å². The molecule has 2 unspecified atom stereocenters. The smallest absolute Gasteiger partial charge is 0.309 e. The maximum atomic E-state index is 11.4. The molecule has 1 rings (SSSR count). The monoisotopic (exact) mass is 257 g/mol. The van der Waals surface area contributed by atoms with Crippen molar-refractivity contribution < 1.29 is 9.59 Å². The Hall–Kier alpha value is -1.17. The minimum absolute atomic E-state index is 0.0576. The third-order valence-corrected chi connectivity index (χ3v) is 3.13. The first-order valence-electron chi connectivity index (χ1n) is 5.83. The number of carbonyl (C=O) groups excluding carboxylic acids is 2. The lowest BCUT2D eigenvalue weighted by Crippen LogP contribution is -2.43. The average molecular weight is 257 g/mol. The third-order valence-electron chi connectivity index (χ3n) is 2.98. The fourth-order valence-electron chi connectivity index (χ4n) is 2.08. The summed E-state index contributed by atoms with van der Waals surface area (Å²) in [7, 11) is 0. The lowest BCUT2D eigenvalue weighted by Gasteiger charge is -2.10. The third kappa shape index (κ3) is 5.12. The molecule has 17 heavy (non-hydrogen) atoms. The van der Waals surface area contributed by atoms with Crippen LogP contribution in [-0.2, 0) is 9.59 Å². The van der Waals surface area contributed by atoms with Gasteiger partial charge in [0.25, 0.3) is 0 Å². The van der Waals surface area contributed by atoms with Gasteiger partial charge in [0.2, 0.25) is 0 Å². The number of nitrogens with two attached hydrogens (primary N) is 1. The van der Waals surface area contributed by atoms with Crippen LogP contribution >= 0.6 is 12.2 Å². The Kier molecular flexibility index (Phi) is 5.34. The second kappa shape index (κ2) is 6.54. The number of hydrogen-bond donors (Lipinski definition) is 3. The Labute approximate surface area is 107 Å². The molecule has 0 aromatic carbocycles. The van der Waals surface area contributed by atoms with E-state index in [1.165, 1.54) is 6.42 Å². The molecule has 5 nitrogen and oxygen atoms in total. The van der Waals surface area contributed by atoms with Gasteiger partial charge in [-0.2, -0.15) is 0 Å². The van der Waals surface area contributed by atoms with Crippen molar-refractivity contribution in [2.75, 3.05) is 13.1 Å². The Morgan fingerprint density at radius 1 is 1.29 bits per heavy atom. The molecule has 1 aliphatic rings. The van der Waals surface area contributed by atoms with Gasteiger partial charge in [0.15, 0.2) is 0 Å². The van der Waals surface area contributed by atoms with Gasteiger partial charge in [-0.1, -0.05) is 25.6 Å². The van der Waals surface area contributed by atoms with Crippen LogP contribution in [0.1, 0.15) is 26.2 Å². The maximum absolute atomic E-state index is 11.4. The van der Waals surface area contributed by atoms with Crippen molar-refractivity contribution in [1.82, 2.24) is 10.6 Å². The lowest BCUT2D eigenvalue weighted by molar-refractivity contribution is -0.139. The molecule has 0 bridgehead atoms. The summed E-state index contributed by atoms with van der Waals surface area (Å²) in [5, 5.41) is 4.98. The van der Waals surface area contributed by atoms with Crippen molar-refractivity contribution in [2.24, 2.45) is 17.6 Å². The summed E-state index contributed by atoms with van der Waals surface area (Å²) in [6.07, 6.45) is 3.44. The van der Waals surface area contributed by atoms with Crippen LogP contribution in [0.4, 0.5) is 0 Å². The number of carbonyl (C=O) groups is 2. The van der Waals surface area contributed by atoms with E-state index in [0.29, 0.717) is 12.5 Å². The highest BCUT2D eigenvalue weighted by Gasteiger charge is 2.22. The fraction of sp³-hybridized carbons (Fsp3) is 0.727. The average Bonchev–Trinajstić information content (AvgIpc) is 2.68. The SMILES string of the molecule is CC1CCC(CNC(=O)C(=O)NCC(N)=S)C1. The van der Waals surface area contributed by atoms with Crippen molar-refractivity contribution in [3.8, 4) is 0 Å². The van der Waals surface area contributed by atoms with Gasteiger partial charge in [-0.3, -0.25) is 9.59 Å². The zero-order chi connectivity index (χ0) is 12.8.